The zero-order valence-electron chi connectivity index (χ0n) is 20.1. The minimum atomic E-state index is 0.0136. The van der Waals surface area contributed by atoms with E-state index in [1.165, 1.54) is 10.6 Å². The Bertz CT molecular complexity index is 1630. The molecule has 1 aliphatic heterocycles. The lowest BCUT2D eigenvalue weighted by Gasteiger charge is -2.12. The van der Waals surface area contributed by atoms with E-state index in [-0.39, 0.29) is 5.54 Å². The first-order valence-electron chi connectivity index (χ1n) is 11.6. The summed E-state index contributed by atoms with van der Waals surface area (Å²) >= 11 is 1.84. The van der Waals surface area contributed by atoms with Crippen molar-refractivity contribution in [3.63, 3.8) is 0 Å². The molecule has 2 aromatic carbocycles. The van der Waals surface area contributed by atoms with Crippen molar-refractivity contribution in [2.75, 3.05) is 11.1 Å². The fourth-order valence-electron chi connectivity index (χ4n) is 4.10. The first kappa shape index (κ1) is 22.4. The number of aliphatic imine (C=N–C) groups is 1. The van der Waals surface area contributed by atoms with E-state index in [0.29, 0.717) is 17.3 Å². The quantitative estimate of drug-likeness (QED) is 0.334. The molecule has 0 aliphatic carbocycles. The highest BCUT2D eigenvalue weighted by Gasteiger charge is 2.25. The van der Waals surface area contributed by atoms with Gasteiger partial charge in [0.05, 0.1) is 16.1 Å². The van der Waals surface area contributed by atoms with Crippen LogP contribution in [0.3, 0.4) is 0 Å². The molecule has 180 valence electrons. The summed E-state index contributed by atoms with van der Waals surface area (Å²) in [4.78, 5) is 18.1. The lowest BCUT2D eigenvalue weighted by molar-refractivity contribution is 0.458. The van der Waals surface area contributed by atoms with Crippen LogP contribution in [0.4, 0.5) is 11.5 Å². The van der Waals surface area contributed by atoms with Gasteiger partial charge in [0.25, 0.3) is 0 Å². The number of benzene rings is 2. The van der Waals surface area contributed by atoms with Gasteiger partial charge in [-0.25, -0.2) is 15.0 Å². The van der Waals surface area contributed by atoms with Gasteiger partial charge in [0.15, 0.2) is 5.65 Å². The van der Waals surface area contributed by atoms with E-state index in [0.717, 1.165) is 40.1 Å². The average Bonchev–Trinajstić information content (AvgIpc) is 3.46. The predicted octanol–water partition coefficient (Wildman–Crippen LogP) is 5.38. The number of hydrogen-bond acceptors (Lipinski definition) is 9. The van der Waals surface area contributed by atoms with Crippen LogP contribution in [0.25, 0.3) is 16.6 Å². The standard InChI is InChI=1S/C26H24N8OS/c1-16-8-18(5-7-21(16)35-23-11-22-33-30-15-34(22)14-29-23)31-25-19-9-17(4-6-20(19)27-13-28-25)10-24-32-26(2,3)12-36-24/h4-9,11,13-15H,10,12H2,1-3H3,(H,27,28,31). The zero-order valence-corrected chi connectivity index (χ0v) is 21.0. The van der Waals surface area contributed by atoms with Crippen molar-refractivity contribution < 1.29 is 4.74 Å². The molecular formula is C26H24N8OS. The second-order valence-corrected chi connectivity index (χ2v) is 10.4. The summed E-state index contributed by atoms with van der Waals surface area (Å²) < 4.78 is 7.72. The summed E-state index contributed by atoms with van der Waals surface area (Å²) in [7, 11) is 0. The molecular weight excluding hydrogens is 472 g/mol. The molecule has 1 aliphatic rings. The van der Waals surface area contributed by atoms with Gasteiger partial charge in [0.1, 0.15) is 30.5 Å². The van der Waals surface area contributed by atoms with Crippen LogP contribution >= 0.6 is 11.8 Å². The number of anilines is 2. The molecule has 0 radical (unpaired) electrons. The second kappa shape index (κ2) is 8.87. The highest BCUT2D eigenvalue weighted by molar-refractivity contribution is 8.14. The molecule has 5 aromatic rings. The number of nitrogens with one attached hydrogen (secondary N) is 1. The third-order valence-electron chi connectivity index (χ3n) is 5.89. The van der Waals surface area contributed by atoms with Crippen LogP contribution in [0.5, 0.6) is 11.6 Å². The number of rotatable bonds is 6. The van der Waals surface area contributed by atoms with Gasteiger partial charge in [-0.15, -0.1) is 22.0 Å². The van der Waals surface area contributed by atoms with Crippen molar-refractivity contribution in [1.82, 2.24) is 29.5 Å². The zero-order chi connectivity index (χ0) is 24.7. The highest BCUT2D eigenvalue weighted by Crippen LogP contribution is 2.31. The topological polar surface area (TPSA) is 102 Å². The molecule has 0 fully saturated rings. The molecule has 6 rings (SSSR count). The van der Waals surface area contributed by atoms with Crippen LogP contribution in [0.1, 0.15) is 25.0 Å². The number of ether oxygens (including phenoxy) is 1. The molecule has 10 heteroatoms. The van der Waals surface area contributed by atoms with E-state index in [9.17, 15) is 0 Å². The van der Waals surface area contributed by atoms with Gasteiger partial charge < -0.3 is 10.1 Å². The summed E-state index contributed by atoms with van der Waals surface area (Å²) in [5.41, 5.74) is 4.64. The van der Waals surface area contributed by atoms with Crippen molar-refractivity contribution in [1.29, 1.82) is 0 Å². The Hall–Kier alpha value is -4.05. The van der Waals surface area contributed by atoms with Crippen molar-refractivity contribution >= 4 is 44.9 Å². The second-order valence-electron chi connectivity index (χ2n) is 9.39. The molecule has 36 heavy (non-hydrogen) atoms. The van der Waals surface area contributed by atoms with Crippen molar-refractivity contribution in [3.05, 3.63) is 72.6 Å². The summed E-state index contributed by atoms with van der Waals surface area (Å²) in [6, 6.07) is 14.0. The molecule has 0 saturated carbocycles. The first-order valence-corrected chi connectivity index (χ1v) is 12.6. The maximum atomic E-state index is 6.00. The molecule has 0 atom stereocenters. The van der Waals surface area contributed by atoms with Gasteiger partial charge in [0, 0.05) is 29.3 Å². The molecule has 0 bridgehead atoms. The molecule has 4 heterocycles. The van der Waals surface area contributed by atoms with Crippen molar-refractivity contribution in [2.24, 2.45) is 4.99 Å². The number of aryl methyl sites for hydroxylation is 1. The van der Waals surface area contributed by atoms with E-state index in [1.807, 2.05) is 43.0 Å². The van der Waals surface area contributed by atoms with Crippen LogP contribution in [-0.4, -0.2) is 45.9 Å². The Balaban J connectivity index is 1.23. The van der Waals surface area contributed by atoms with Crippen LogP contribution < -0.4 is 10.1 Å². The normalized spacial score (nSPS) is 14.8. The van der Waals surface area contributed by atoms with Crippen LogP contribution in [-0.2, 0) is 6.42 Å². The largest absolute Gasteiger partial charge is 0.439 e. The minimum Gasteiger partial charge on any atom is -0.439 e. The maximum Gasteiger partial charge on any atom is 0.224 e. The molecule has 0 unspecified atom stereocenters. The molecule has 0 amide bonds. The smallest absolute Gasteiger partial charge is 0.224 e. The fraction of sp³-hybridized carbons (Fsp3) is 0.231. The summed E-state index contributed by atoms with van der Waals surface area (Å²) in [5, 5.41) is 13.5. The molecule has 0 spiro atoms. The number of fused-ring (bicyclic) bond motifs is 2. The molecule has 1 N–H and O–H groups in total. The summed E-state index contributed by atoms with van der Waals surface area (Å²) in [6.07, 6.45) is 5.63. The SMILES string of the molecule is Cc1cc(Nc2ncnc3ccc(CC4=NC(C)(C)CS4)cc23)ccc1Oc1cc2nncn2cn1. The Labute approximate surface area is 212 Å². The lowest BCUT2D eigenvalue weighted by Crippen LogP contribution is -2.15. The number of thioether (sulfide) groups is 1. The van der Waals surface area contributed by atoms with E-state index < -0.39 is 0 Å². The predicted molar refractivity (Wildman–Crippen MR) is 143 cm³/mol. The number of aromatic nitrogens is 6. The van der Waals surface area contributed by atoms with E-state index in [2.05, 4.69) is 56.4 Å². The van der Waals surface area contributed by atoms with E-state index >= 15 is 0 Å². The maximum absolute atomic E-state index is 6.00. The third-order valence-corrected chi connectivity index (χ3v) is 7.31. The van der Waals surface area contributed by atoms with Crippen molar-refractivity contribution in [2.45, 2.75) is 32.7 Å². The Morgan fingerprint density at radius 1 is 1.06 bits per heavy atom. The third kappa shape index (κ3) is 4.59. The minimum absolute atomic E-state index is 0.0136. The monoisotopic (exact) mass is 496 g/mol. The van der Waals surface area contributed by atoms with Gasteiger partial charge in [-0.3, -0.25) is 9.39 Å². The van der Waals surface area contributed by atoms with Crippen LogP contribution in [0, 0.1) is 6.92 Å². The van der Waals surface area contributed by atoms with E-state index in [1.54, 1.807) is 29.4 Å². The number of hydrogen-bond donors (Lipinski definition) is 1. The number of nitrogens with zero attached hydrogens (tertiary/aromatic N) is 7. The fourth-order valence-corrected chi connectivity index (χ4v) is 5.26. The van der Waals surface area contributed by atoms with Gasteiger partial charge in [0.2, 0.25) is 5.88 Å². The molecule has 3 aromatic heterocycles. The lowest BCUT2D eigenvalue weighted by atomic mass is 10.1. The average molecular weight is 497 g/mol. The van der Waals surface area contributed by atoms with Crippen LogP contribution in [0.15, 0.2) is 66.4 Å². The van der Waals surface area contributed by atoms with Gasteiger partial charge in [-0.1, -0.05) is 6.07 Å². The van der Waals surface area contributed by atoms with Crippen molar-refractivity contribution in [3.8, 4) is 11.6 Å². The van der Waals surface area contributed by atoms with Gasteiger partial charge in [-0.2, -0.15) is 0 Å². The first-order chi connectivity index (χ1) is 17.4. The summed E-state index contributed by atoms with van der Waals surface area (Å²) in [6.45, 7) is 6.34. The van der Waals surface area contributed by atoms with E-state index in [4.69, 9.17) is 9.73 Å². The Morgan fingerprint density at radius 3 is 2.81 bits per heavy atom. The molecule has 9 nitrogen and oxygen atoms in total. The van der Waals surface area contributed by atoms with Gasteiger partial charge in [-0.05, 0) is 62.2 Å². The summed E-state index contributed by atoms with van der Waals surface area (Å²) in [5.74, 6) is 2.96. The van der Waals surface area contributed by atoms with Crippen LogP contribution in [0.2, 0.25) is 0 Å². The molecule has 0 saturated heterocycles. The van der Waals surface area contributed by atoms with Gasteiger partial charge >= 0.3 is 0 Å². The Kier molecular flexibility index (Phi) is 5.52. The Morgan fingerprint density at radius 2 is 1.97 bits per heavy atom. The highest BCUT2D eigenvalue weighted by atomic mass is 32.2.